The van der Waals surface area contributed by atoms with Crippen LogP contribution in [0.15, 0.2) is 29.9 Å². The summed E-state index contributed by atoms with van der Waals surface area (Å²) < 4.78 is 0. The first-order valence-corrected chi connectivity index (χ1v) is 6.94. The normalized spacial score (nSPS) is 12.1. The lowest BCUT2D eigenvalue weighted by Crippen LogP contribution is -2.12. The zero-order valence-corrected chi connectivity index (χ0v) is 11.4. The zero-order valence-electron chi connectivity index (χ0n) is 10.5. The predicted molar refractivity (Wildman–Crippen MR) is 74.6 cm³/mol. The van der Waals surface area contributed by atoms with E-state index in [0.29, 0.717) is 5.82 Å². The second-order valence-corrected chi connectivity index (χ2v) is 5.07. The molecule has 0 saturated heterocycles. The lowest BCUT2D eigenvalue weighted by atomic mass is 10.1. The molecular formula is C13H15N3O2S. The fourth-order valence-corrected chi connectivity index (χ4v) is 2.59. The first-order valence-electron chi connectivity index (χ1n) is 6.06. The highest BCUT2D eigenvalue weighted by Gasteiger charge is 2.13. The topological polar surface area (TPSA) is 75.1 Å². The van der Waals surface area contributed by atoms with E-state index < -0.39 is 5.97 Å². The van der Waals surface area contributed by atoms with Gasteiger partial charge in [-0.25, -0.2) is 9.78 Å². The third-order valence-electron chi connectivity index (χ3n) is 2.64. The van der Waals surface area contributed by atoms with E-state index in [4.69, 9.17) is 5.11 Å². The third-order valence-corrected chi connectivity index (χ3v) is 3.63. The molecule has 1 atom stereocenters. The summed E-state index contributed by atoms with van der Waals surface area (Å²) in [7, 11) is 0. The van der Waals surface area contributed by atoms with Crippen molar-refractivity contribution in [2.24, 2.45) is 0 Å². The fraction of sp³-hybridized carbons (Fsp3) is 0.308. The smallest absolute Gasteiger partial charge is 0.356 e. The number of nitrogens with one attached hydrogen (secondary N) is 1. The highest BCUT2D eigenvalue weighted by Crippen LogP contribution is 2.26. The van der Waals surface area contributed by atoms with E-state index in [1.54, 1.807) is 17.5 Å². The minimum Gasteiger partial charge on any atom is -0.476 e. The number of aromatic nitrogens is 2. The molecule has 2 aromatic heterocycles. The molecule has 0 aliphatic carbocycles. The second kappa shape index (κ2) is 6.29. The van der Waals surface area contributed by atoms with E-state index in [9.17, 15) is 4.79 Å². The molecule has 0 amide bonds. The molecule has 2 N–H and O–H groups in total. The number of rotatable bonds is 6. The van der Waals surface area contributed by atoms with Crippen LogP contribution in [0.4, 0.5) is 5.82 Å². The maximum Gasteiger partial charge on any atom is 0.356 e. The van der Waals surface area contributed by atoms with Gasteiger partial charge in [-0.2, -0.15) is 0 Å². The van der Waals surface area contributed by atoms with Crippen LogP contribution in [0.1, 0.15) is 41.2 Å². The minimum atomic E-state index is -1.07. The lowest BCUT2D eigenvalue weighted by molar-refractivity contribution is 0.0690. The molecule has 0 bridgehead atoms. The molecule has 0 radical (unpaired) electrons. The Hall–Kier alpha value is -1.95. The van der Waals surface area contributed by atoms with Crippen molar-refractivity contribution < 1.29 is 9.90 Å². The fourth-order valence-electron chi connectivity index (χ4n) is 1.78. The summed E-state index contributed by atoms with van der Waals surface area (Å²) in [5, 5.41) is 14.2. The Morgan fingerprint density at radius 1 is 1.53 bits per heavy atom. The maximum absolute atomic E-state index is 10.9. The first kappa shape index (κ1) is 13.5. The second-order valence-electron chi connectivity index (χ2n) is 4.10. The van der Waals surface area contributed by atoms with Crippen LogP contribution in [0.25, 0.3) is 0 Å². The van der Waals surface area contributed by atoms with E-state index in [0.717, 1.165) is 12.8 Å². The molecule has 100 valence electrons. The van der Waals surface area contributed by atoms with Crippen molar-refractivity contribution in [2.45, 2.75) is 25.8 Å². The van der Waals surface area contributed by atoms with Crippen molar-refractivity contribution >= 4 is 23.1 Å². The molecule has 1 unspecified atom stereocenters. The van der Waals surface area contributed by atoms with E-state index in [1.165, 1.54) is 11.1 Å². The highest BCUT2D eigenvalue weighted by molar-refractivity contribution is 7.10. The minimum absolute atomic E-state index is 0.0496. The number of hydrogen-bond acceptors (Lipinski definition) is 5. The van der Waals surface area contributed by atoms with Crippen LogP contribution in [0, 0.1) is 0 Å². The predicted octanol–water partition coefficient (Wildman–Crippen LogP) is 3.19. The number of carboxylic acid groups (broad SMARTS) is 1. The van der Waals surface area contributed by atoms with Crippen molar-refractivity contribution in [3.63, 3.8) is 0 Å². The van der Waals surface area contributed by atoms with Crippen molar-refractivity contribution in [3.8, 4) is 0 Å². The van der Waals surface area contributed by atoms with Crippen molar-refractivity contribution in [3.05, 3.63) is 40.5 Å². The number of nitrogens with zero attached hydrogens (tertiary/aromatic N) is 2. The molecule has 6 heteroatoms. The molecule has 0 aromatic carbocycles. The van der Waals surface area contributed by atoms with Crippen LogP contribution in [0.5, 0.6) is 0 Å². The summed E-state index contributed by atoms with van der Waals surface area (Å²) in [6, 6.07) is 4.21. The summed E-state index contributed by atoms with van der Waals surface area (Å²) in [6.45, 7) is 2.11. The molecule has 19 heavy (non-hydrogen) atoms. The Balaban J connectivity index is 2.17. The van der Waals surface area contributed by atoms with Gasteiger partial charge >= 0.3 is 5.97 Å². The molecule has 2 heterocycles. The molecule has 0 aliphatic heterocycles. The van der Waals surface area contributed by atoms with Gasteiger partial charge in [-0.15, -0.1) is 11.3 Å². The molecule has 0 saturated carbocycles. The summed E-state index contributed by atoms with van der Waals surface area (Å²) in [5.41, 5.74) is -0.0496. The molecule has 0 spiro atoms. The third kappa shape index (κ3) is 3.51. The lowest BCUT2D eigenvalue weighted by Gasteiger charge is -2.17. The van der Waals surface area contributed by atoms with Gasteiger partial charge in [0, 0.05) is 4.88 Å². The summed E-state index contributed by atoms with van der Waals surface area (Å²) in [6.07, 6.45) is 4.78. The Morgan fingerprint density at radius 2 is 2.37 bits per heavy atom. The number of hydrogen-bond donors (Lipinski definition) is 2. The Labute approximate surface area is 115 Å². The van der Waals surface area contributed by atoms with Crippen molar-refractivity contribution in [1.82, 2.24) is 9.97 Å². The molecule has 2 aromatic rings. The average Bonchev–Trinajstić information content (AvgIpc) is 2.92. The summed E-state index contributed by atoms with van der Waals surface area (Å²) >= 11 is 1.67. The van der Waals surface area contributed by atoms with Gasteiger partial charge in [0.1, 0.15) is 5.82 Å². The van der Waals surface area contributed by atoms with E-state index in [1.807, 2.05) is 11.4 Å². The van der Waals surface area contributed by atoms with Gasteiger partial charge in [0.15, 0.2) is 5.69 Å². The molecule has 2 rings (SSSR count). The number of aromatic carboxylic acids is 1. The molecular weight excluding hydrogens is 262 g/mol. The van der Waals surface area contributed by atoms with Crippen LogP contribution in [-0.2, 0) is 0 Å². The zero-order chi connectivity index (χ0) is 13.7. The largest absolute Gasteiger partial charge is 0.476 e. The van der Waals surface area contributed by atoms with Gasteiger partial charge in [0.05, 0.1) is 18.4 Å². The van der Waals surface area contributed by atoms with Gasteiger partial charge in [-0.05, 0) is 17.9 Å². The van der Waals surface area contributed by atoms with Crippen molar-refractivity contribution in [2.75, 3.05) is 5.32 Å². The van der Waals surface area contributed by atoms with Gasteiger partial charge in [0.25, 0.3) is 0 Å². The Morgan fingerprint density at radius 3 is 3.00 bits per heavy atom. The number of thiophene rings is 1. The Bertz CT molecular complexity index is 543. The quantitative estimate of drug-likeness (QED) is 0.848. The van der Waals surface area contributed by atoms with Gasteiger partial charge in [0.2, 0.25) is 0 Å². The van der Waals surface area contributed by atoms with Crippen LogP contribution < -0.4 is 5.32 Å². The molecule has 0 fully saturated rings. The monoisotopic (exact) mass is 277 g/mol. The SMILES string of the molecule is CCCC(Nc1cncc(C(=O)O)n1)c1cccs1. The van der Waals surface area contributed by atoms with Crippen LogP contribution >= 0.6 is 11.3 Å². The number of carboxylic acids is 1. The molecule has 5 nitrogen and oxygen atoms in total. The van der Waals surface area contributed by atoms with Gasteiger partial charge in [-0.3, -0.25) is 4.98 Å². The van der Waals surface area contributed by atoms with Crippen LogP contribution in [0.3, 0.4) is 0 Å². The van der Waals surface area contributed by atoms with Crippen molar-refractivity contribution in [1.29, 1.82) is 0 Å². The van der Waals surface area contributed by atoms with Gasteiger partial charge in [-0.1, -0.05) is 19.4 Å². The molecule has 0 aliphatic rings. The highest BCUT2D eigenvalue weighted by atomic mass is 32.1. The first-order chi connectivity index (χ1) is 9.20. The maximum atomic E-state index is 10.9. The number of anilines is 1. The van der Waals surface area contributed by atoms with E-state index >= 15 is 0 Å². The summed E-state index contributed by atoms with van der Waals surface area (Å²) in [5.74, 6) is -0.578. The summed E-state index contributed by atoms with van der Waals surface area (Å²) in [4.78, 5) is 20.0. The number of carbonyl (C=O) groups is 1. The Kier molecular flexibility index (Phi) is 4.46. The van der Waals surface area contributed by atoms with Gasteiger partial charge < -0.3 is 10.4 Å². The van der Waals surface area contributed by atoms with Crippen LogP contribution in [0.2, 0.25) is 0 Å². The van der Waals surface area contributed by atoms with Crippen LogP contribution in [-0.4, -0.2) is 21.0 Å². The van der Waals surface area contributed by atoms with E-state index in [2.05, 4.69) is 28.3 Å². The standard InChI is InChI=1S/C13H15N3O2S/c1-2-4-9(11-5-3-6-19-11)15-12-8-14-7-10(16-12)13(17)18/h3,5-9H,2,4H2,1H3,(H,15,16)(H,17,18). The average molecular weight is 277 g/mol. The van der Waals surface area contributed by atoms with E-state index in [-0.39, 0.29) is 11.7 Å².